The Hall–Kier alpha value is -2.16. The molecule has 0 saturated heterocycles. The van der Waals surface area contributed by atoms with Gasteiger partial charge in [-0.2, -0.15) is 13.2 Å². The first-order chi connectivity index (χ1) is 16.8. The normalized spacial score (nSPS) is 13.0. The van der Waals surface area contributed by atoms with Crippen molar-refractivity contribution in [1.29, 1.82) is 0 Å². The minimum Gasteiger partial charge on any atom is -0.465 e. The van der Waals surface area contributed by atoms with Gasteiger partial charge in [-0.3, -0.25) is 0 Å². The van der Waals surface area contributed by atoms with E-state index in [1.54, 1.807) is 13.8 Å². The second-order valence-corrected chi connectivity index (χ2v) is 12.6. The van der Waals surface area contributed by atoms with Crippen molar-refractivity contribution in [2.75, 3.05) is 7.11 Å². The first-order valence-electron chi connectivity index (χ1n) is 12.1. The molecule has 0 unspecified atom stereocenters. The molecule has 0 spiro atoms. The van der Waals surface area contributed by atoms with Gasteiger partial charge < -0.3 is 4.74 Å². The second-order valence-electron chi connectivity index (χ2n) is 11.6. The van der Waals surface area contributed by atoms with Gasteiger partial charge in [0.05, 0.1) is 12.7 Å². The van der Waals surface area contributed by atoms with Crippen LogP contribution in [-0.4, -0.2) is 18.1 Å². The van der Waals surface area contributed by atoms with Gasteiger partial charge in [-0.25, -0.2) is 18.6 Å². The van der Waals surface area contributed by atoms with E-state index in [1.807, 2.05) is 12.1 Å². The molecular weight excluding hydrogens is 509 g/mol. The van der Waals surface area contributed by atoms with E-state index in [4.69, 9.17) is 4.74 Å². The summed E-state index contributed by atoms with van der Waals surface area (Å²) < 4.78 is 74.9. The number of aromatic nitrogens is 1. The minimum atomic E-state index is -4.98. The molecule has 0 saturated carbocycles. The third kappa shape index (κ3) is 7.68. The molecular formula is C28H36F5NO2S. The number of alkyl halides is 5. The Morgan fingerprint density at radius 2 is 1.46 bits per heavy atom. The molecule has 1 aromatic carbocycles. The van der Waals surface area contributed by atoms with E-state index in [0.717, 1.165) is 23.1 Å². The molecule has 0 radical (unpaired) electrons. The van der Waals surface area contributed by atoms with Crippen molar-refractivity contribution in [2.24, 2.45) is 5.92 Å². The molecule has 206 valence electrons. The Morgan fingerprint density at radius 3 is 1.84 bits per heavy atom. The number of esters is 1. The average molecular weight is 546 g/mol. The van der Waals surface area contributed by atoms with E-state index in [9.17, 15) is 26.7 Å². The van der Waals surface area contributed by atoms with Crippen LogP contribution in [0.5, 0.6) is 0 Å². The van der Waals surface area contributed by atoms with E-state index in [2.05, 4.69) is 52.6 Å². The van der Waals surface area contributed by atoms with Crippen LogP contribution in [0.2, 0.25) is 0 Å². The van der Waals surface area contributed by atoms with Gasteiger partial charge in [0, 0.05) is 10.6 Å². The summed E-state index contributed by atoms with van der Waals surface area (Å²) in [7, 11) is 1.01. The highest BCUT2D eigenvalue weighted by molar-refractivity contribution is 7.98. The predicted octanol–water partition coefficient (Wildman–Crippen LogP) is 8.91. The monoisotopic (exact) mass is 545 g/mol. The molecule has 1 heterocycles. The SMILES string of the molecule is COC(=O)c1c(C(F)F)nc(C(F)(F)F)c(CSc2cc(C(C)(C)C)cc(C(C)(C)C)c2)c1CC(C)C. The lowest BCUT2D eigenvalue weighted by Crippen LogP contribution is -2.22. The van der Waals surface area contributed by atoms with Gasteiger partial charge in [0.1, 0.15) is 11.4 Å². The smallest absolute Gasteiger partial charge is 0.433 e. The lowest BCUT2D eigenvalue weighted by molar-refractivity contribution is -0.142. The Balaban J connectivity index is 2.80. The third-order valence-corrected chi connectivity index (χ3v) is 6.94. The third-order valence-electron chi connectivity index (χ3n) is 5.94. The van der Waals surface area contributed by atoms with Crippen molar-refractivity contribution in [1.82, 2.24) is 4.98 Å². The maximum Gasteiger partial charge on any atom is 0.433 e. The highest BCUT2D eigenvalue weighted by atomic mass is 32.2. The van der Waals surface area contributed by atoms with Crippen LogP contribution in [0, 0.1) is 5.92 Å². The Bertz CT molecular complexity index is 1100. The number of nitrogens with zero attached hydrogens (tertiary/aromatic N) is 1. The average Bonchev–Trinajstić information content (AvgIpc) is 2.74. The van der Waals surface area contributed by atoms with Crippen molar-refractivity contribution < 1.29 is 31.5 Å². The number of ether oxygens (including phenoxy) is 1. The Labute approximate surface area is 220 Å². The van der Waals surface area contributed by atoms with Crippen LogP contribution in [0.1, 0.15) is 106 Å². The van der Waals surface area contributed by atoms with E-state index in [-0.39, 0.29) is 40.0 Å². The van der Waals surface area contributed by atoms with Gasteiger partial charge in [0.2, 0.25) is 0 Å². The molecule has 0 amide bonds. The molecule has 3 nitrogen and oxygen atoms in total. The fourth-order valence-corrected chi connectivity index (χ4v) is 4.95. The number of thioether (sulfide) groups is 1. The number of halogens is 5. The summed E-state index contributed by atoms with van der Waals surface area (Å²) in [6, 6.07) is 5.98. The summed E-state index contributed by atoms with van der Waals surface area (Å²) in [5.41, 5.74) is -1.86. The maximum atomic E-state index is 14.2. The van der Waals surface area contributed by atoms with Crippen molar-refractivity contribution in [3.8, 4) is 0 Å². The molecule has 9 heteroatoms. The van der Waals surface area contributed by atoms with E-state index < -0.39 is 35.5 Å². The van der Waals surface area contributed by atoms with Crippen LogP contribution in [0.3, 0.4) is 0 Å². The topological polar surface area (TPSA) is 39.2 Å². The summed E-state index contributed by atoms with van der Waals surface area (Å²) in [5, 5.41) is 0. The van der Waals surface area contributed by atoms with Crippen LogP contribution in [-0.2, 0) is 33.9 Å². The molecule has 0 aliphatic heterocycles. The van der Waals surface area contributed by atoms with Gasteiger partial charge in [0.15, 0.2) is 0 Å². The van der Waals surface area contributed by atoms with Gasteiger partial charge in [-0.1, -0.05) is 61.5 Å². The minimum absolute atomic E-state index is 0.0130. The van der Waals surface area contributed by atoms with E-state index in [1.165, 1.54) is 11.8 Å². The molecule has 0 fully saturated rings. The van der Waals surface area contributed by atoms with Crippen LogP contribution >= 0.6 is 11.8 Å². The van der Waals surface area contributed by atoms with Gasteiger partial charge in [-0.05, 0) is 57.6 Å². The van der Waals surface area contributed by atoms with Crippen molar-refractivity contribution in [2.45, 2.75) is 95.9 Å². The van der Waals surface area contributed by atoms with Crippen LogP contribution < -0.4 is 0 Å². The van der Waals surface area contributed by atoms with Crippen LogP contribution in [0.15, 0.2) is 23.1 Å². The molecule has 0 bridgehead atoms. The highest BCUT2D eigenvalue weighted by Gasteiger charge is 2.40. The molecule has 0 aliphatic carbocycles. The Morgan fingerprint density at radius 1 is 0.946 bits per heavy atom. The number of methoxy groups -OCH3 is 1. The van der Waals surface area contributed by atoms with Crippen molar-refractivity contribution in [3.63, 3.8) is 0 Å². The zero-order valence-electron chi connectivity index (χ0n) is 22.9. The van der Waals surface area contributed by atoms with Gasteiger partial charge in [-0.15, -0.1) is 11.8 Å². The second kappa shape index (κ2) is 11.3. The number of pyridine rings is 1. The molecule has 37 heavy (non-hydrogen) atoms. The van der Waals surface area contributed by atoms with Crippen LogP contribution in [0.4, 0.5) is 22.0 Å². The molecule has 1 aromatic heterocycles. The lowest BCUT2D eigenvalue weighted by Gasteiger charge is -2.26. The summed E-state index contributed by atoms with van der Waals surface area (Å²) in [4.78, 5) is 16.6. The number of benzene rings is 1. The number of hydrogen-bond acceptors (Lipinski definition) is 4. The number of carbonyl (C=O) groups is 1. The maximum absolute atomic E-state index is 14.2. The first-order valence-corrected chi connectivity index (χ1v) is 13.0. The predicted molar refractivity (Wildman–Crippen MR) is 137 cm³/mol. The zero-order valence-corrected chi connectivity index (χ0v) is 23.7. The molecule has 0 atom stereocenters. The van der Waals surface area contributed by atoms with Crippen molar-refractivity contribution in [3.05, 3.63) is 57.4 Å². The number of carbonyl (C=O) groups excluding carboxylic acids is 1. The fourth-order valence-electron chi connectivity index (χ4n) is 3.91. The molecule has 0 aliphatic rings. The summed E-state index contributed by atoms with van der Waals surface area (Å²) in [6.45, 7) is 15.8. The Kier molecular flexibility index (Phi) is 9.48. The molecule has 2 rings (SSSR count). The molecule has 0 N–H and O–H groups in total. The lowest BCUT2D eigenvalue weighted by atomic mass is 9.81. The fraction of sp³-hybridized carbons (Fsp3) is 0.571. The standard InChI is InChI=1S/C28H36F5NO2S/c1-15(2)10-19-20(23(28(31,32)33)34-22(24(29)30)21(19)25(35)36-9)14-37-18-12-16(26(3,4)5)11-17(13-18)27(6,7)8/h11-13,15,24H,10,14H2,1-9H3. The van der Waals surface area contributed by atoms with E-state index >= 15 is 0 Å². The molecule has 2 aromatic rings. The summed E-state index contributed by atoms with van der Waals surface area (Å²) in [5.74, 6) is -1.53. The zero-order chi connectivity index (χ0) is 28.5. The highest BCUT2D eigenvalue weighted by Crippen LogP contribution is 2.41. The van der Waals surface area contributed by atoms with Gasteiger partial charge >= 0.3 is 12.1 Å². The first kappa shape index (κ1) is 31.1. The van der Waals surface area contributed by atoms with Crippen molar-refractivity contribution >= 4 is 17.7 Å². The van der Waals surface area contributed by atoms with Gasteiger partial charge in [0.25, 0.3) is 6.43 Å². The van der Waals surface area contributed by atoms with E-state index in [0.29, 0.717) is 0 Å². The number of rotatable bonds is 7. The summed E-state index contributed by atoms with van der Waals surface area (Å²) in [6.07, 6.45) is -8.37. The number of hydrogen-bond donors (Lipinski definition) is 0. The van der Waals surface area contributed by atoms with Crippen LogP contribution in [0.25, 0.3) is 0 Å². The summed E-state index contributed by atoms with van der Waals surface area (Å²) >= 11 is 1.17. The largest absolute Gasteiger partial charge is 0.465 e. The quantitative estimate of drug-likeness (QED) is 0.198.